The van der Waals surface area contributed by atoms with Gasteiger partial charge in [-0.05, 0) is 62.7 Å². The summed E-state index contributed by atoms with van der Waals surface area (Å²) in [4.78, 5) is 41.4. The Morgan fingerprint density at radius 1 is 1.12 bits per heavy atom. The standard InChI is InChI=1S/C32H43N3O6/c1-21-17-35(22(2)20-36)30(37)16-26-15-27(33-31(38)24-7-5-4-6-8-24)13-14-28(26)41-29(21)19-34(3)18-23-9-11-25(12-10-23)32(39)40/h9-15,21-22,24,29,36H,4-8,16-20H2,1-3H3,(H,33,38)(H,39,40)/t21-,22+,29+/m0/s1. The number of carbonyl (C=O) groups excluding carboxylic acids is 2. The van der Waals surface area contributed by atoms with Crippen LogP contribution < -0.4 is 10.1 Å². The number of aliphatic hydroxyl groups is 1. The van der Waals surface area contributed by atoms with Crippen LogP contribution in [0.5, 0.6) is 5.75 Å². The van der Waals surface area contributed by atoms with E-state index in [0.717, 1.165) is 31.2 Å². The van der Waals surface area contributed by atoms with Gasteiger partial charge in [-0.2, -0.15) is 0 Å². The molecule has 1 aliphatic heterocycles. The molecule has 2 aromatic rings. The molecule has 222 valence electrons. The van der Waals surface area contributed by atoms with Crippen molar-refractivity contribution < 1.29 is 29.3 Å². The predicted octanol–water partition coefficient (Wildman–Crippen LogP) is 4.18. The second kappa shape index (κ2) is 14.0. The van der Waals surface area contributed by atoms with E-state index in [2.05, 4.69) is 10.2 Å². The number of ether oxygens (including phenoxy) is 1. The molecule has 9 nitrogen and oxygen atoms in total. The number of anilines is 1. The molecule has 3 atom stereocenters. The number of carbonyl (C=O) groups is 3. The molecular weight excluding hydrogens is 522 g/mol. The summed E-state index contributed by atoms with van der Waals surface area (Å²) in [5.74, 6) is -0.422. The second-order valence-electron chi connectivity index (χ2n) is 11.7. The van der Waals surface area contributed by atoms with Crippen molar-refractivity contribution in [3.8, 4) is 5.75 Å². The molecule has 41 heavy (non-hydrogen) atoms. The minimum Gasteiger partial charge on any atom is -0.488 e. The Balaban J connectivity index is 1.55. The highest BCUT2D eigenvalue weighted by Gasteiger charge is 2.31. The van der Waals surface area contributed by atoms with Crippen LogP contribution in [-0.2, 0) is 22.6 Å². The van der Waals surface area contributed by atoms with Crippen molar-refractivity contribution in [1.29, 1.82) is 0 Å². The topological polar surface area (TPSA) is 119 Å². The third-order valence-corrected chi connectivity index (χ3v) is 8.30. The quantitative estimate of drug-likeness (QED) is 0.417. The maximum atomic E-state index is 13.5. The van der Waals surface area contributed by atoms with Crippen LogP contribution in [-0.4, -0.2) is 76.7 Å². The lowest BCUT2D eigenvalue weighted by Crippen LogP contribution is -2.47. The lowest BCUT2D eigenvalue weighted by molar-refractivity contribution is -0.134. The Labute approximate surface area is 242 Å². The molecule has 1 fully saturated rings. The average molecular weight is 566 g/mol. The number of rotatable bonds is 9. The zero-order valence-corrected chi connectivity index (χ0v) is 24.3. The van der Waals surface area contributed by atoms with Crippen LogP contribution in [0.15, 0.2) is 42.5 Å². The predicted molar refractivity (Wildman–Crippen MR) is 157 cm³/mol. The van der Waals surface area contributed by atoms with Gasteiger partial charge in [-0.1, -0.05) is 38.3 Å². The minimum atomic E-state index is -0.954. The summed E-state index contributed by atoms with van der Waals surface area (Å²) in [5, 5.41) is 22.1. The van der Waals surface area contributed by atoms with Crippen LogP contribution in [0.1, 0.15) is 67.4 Å². The van der Waals surface area contributed by atoms with Crippen molar-refractivity contribution in [2.75, 3.05) is 32.1 Å². The maximum absolute atomic E-state index is 13.5. The maximum Gasteiger partial charge on any atom is 0.335 e. The van der Waals surface area contributed by atoms with Crippen molar-refractivity contribution in [2.24, 2.45) is 11.8 Å². The molecule has 2 aromatic carbocycles. The fourth-order valence-corrected chi connectivity index (χ4v) is 5.77. The van der Waals surface area contributed by atoms with Crippen molar-refractivity contribution >= 4 is 23.5 Å². The zero-order chi connectivity index (χ0) is 29.5. The zero-order valence-electron chi connectivity index (χ0n) is 24.3. The fraction of sp³-hybridized carbons (Fsp3) is 0.531. The van der Waals surface area contributed by atoms with Gasteiger partial charge in [0, 0.05) is 42.7 Å². The lowest BCUT2D eigenvalue weighted by atomic mass is 9.88. The van der Waals surface area contributed by atoms with Crippen LogP contribution in [0.3, 0.4) is 0 Å². The Morgan fingerprint density at radius 2 is 1.83 bits per heavy atom. The molecule has 4 rings (SSSR count). The highest BCUT2D eigenvalue weighted by molar-refractivity contribution is 5.93. The second-order valence-corrected chi connectivity index (χ2v) is 11.7. The van der Waals surface area contributed by atoms with Gasteiger partial charge >= 0.3 is 5.97 Å². The third kappa shape index (κ3) is 8.07. The van der Waals surface area contributed by atoms with E-state index in [0.29, 0.717) is 36.6 Å². The number of fused-ring (bicyclic) bond motifs is 1. The molecule has 0 spiro atoms. The lowest BCUT2D eigenvalue weighted by Gasteiger charge is -2.34. The summed E-state index contributed by atoms with van der Waals surface area (Å²) in [6, 6.07) is 12.0. The van der Waals surface area contributed by atoms with Crippen molar-refractivity contribution in [3.05, 3.63) is 59.2 Å². The van der Waals surface area contributed by atoms with Crippen LogP contribution in [0.25, 0.3) is 0 Å². The fourth-order valence-electron chi connectivity index (χ4n) is 5.77. The summed E-state index contributed by atoms with van der Waals surface area (Å²) < 4.78 is 6.60. The number of benzene rings is 2. The average Bonchev–Trinajstić information content (AvgIpc) is 3.00. The molecule has 1 heterocycles. The summed E-state index contributed by atoms with van der Waals surface area (Å²) in [6.45, 7) is 5.35. The number of likely N-dealkylation sites (N-methyl/N-ethyl adjacent to an activating group) is 1. The van der Waals surface area contributed by atoms with Crippen molar-refractivity contribution in [2.45, 2.75) is 71.1 Å². The summed E-state index contributed by atoms with van der Waals surface area (Å²) >= 11 is 0. The number of aliphatic hydroxyl groups excluding tert-OH is 1. The van der Waals surface area contributed by atoms with Gasteiger partial charge in [-0.3, -0.25) is 14.5 Å². The van der Waals surface area contributed by atoms with Gasteiger partial charge in [-0.25, -0.2) is 4.79 Å². The summed E-state index contributed by atoms with van der Waals surface area (Å²) in [6.07, 6.45) is 4.98. The number of nitrogens with zero attached hydrogens (tertiary/aromatic N) is 2. The van der Waals surface area contributed by atoms with E-state index in [1.54, 1.807) is 17.0 Å². The van der Waals surface area contributed by atoms with E-state index in [9.17, 15) is 24.6 Å². The number of aromatic carboxylic acids is 1. The first-order valence-electron chi connectivity index (χ1n) is 14.7. The number of hydrogen-bond donors (Lipinski definition) is 3. The highest BCUT2D eigenvalue weighted by Crippen LogP contribution is 2.31. The van der Waals surface area contributed by atoms with E-state index in [4.69, 9.17) is 4.74 Å². The molecule has 0 aromatic heterocycles. The molecular formula is C32H43N3O6. The van der Waals surface area contributed by atoms with Crippen LogP contribution >= 0.6 is 0 Å². The molecule has 9 heteroatoms. The van der Waals surface area contributed by atoms with E-state index >= 15 is 0 Å². The van der Waals surface area contributed by atoms with Gasteiger partial charge in [0.25, 0.3) is 0 Å². The van der Waals surface area contributed by atoms with Gasteiger partial charge in [0.05, 0.1) is 24.6 Å². The number of carboxylic acid groups (broad SMARTS) is 1. The van der Waals surface area contributed by atoms with Gasteiger partial charge in [0.1, 0.15) is 11.9 Å². The molecule has 3 N–H and O–H groups in total. The first-order valence-corrected chi connectivity index (χ1v) is 14.7. The largest absolute Gasteiger partial charge is 0.488 e. The molecule has 0 saturated heterocycles. The Bertz CT molecular complexity index is 1210. The smallest absolute Gasteiger partial charge is 0.335 e. The number of hydrogen-bond acceptors (Lipinski definition) is 6. The van der Waals surface area contributed by atoms with E-state index in [1.165, 1.54) is 6.42 Å². The van der Waals surface area contributed by atoms with Crippen LogP contribution in [0.2, 0.25) is 0 Å². The third-order valence-electron chi connectivity index (χ3n) is 8.30. The van der Waals surface area contributed by atoms with Gasteiger partial charge in [-0.15, -0.1) is 0 Å². The summed E-state index contributed by atoms with van der Waals surface area (Å²) in [5.41, 5.74) is 2.59. The van der Waals surface area contributed by atoms with E-state index in [-0.39, 0.29) is 54.4 Å². The Kier molecular flexibility index (Phi) is 10.4. The molecule has 0 radical (unpaired) electrons. The Hall–Kier alpha value is -3.43. The summed E-state index contributed by atoms with van der Waals surface area (Å²) in [7, 11) is 1.98. The molecule has 0 unspecified atom stereocenters. The Morgan fingerprint density at radius 3 is 2.49 bits per heavy atom. The number of carboxylic acids is 1. The van der Waals surface area contributed by atoms with E-state index in [1.807, 2.05) is 51.2 Å². The number of amides is 2. The normalized spacial score (nSPS) is 20.8. The molecule has 1 aliphatic carbocycles. The highest BCUT2D eigenvalue weighted by atomic mass is 16.5. The van der Waals surface area contributed by atoms with Crippen molar-refractivity contribution in [1.82, 2.24) is 9.80 Å². The molecule has 0 bridgehead atoms. The molecule has 1 saturated carbocycles. The van der Waals surface area contributed by atoms with E-state index < -0.39 is 5.97 Å². The van der Waals surface area contributed by atoms with Gasteiger partial charge in [0.15, 0.2) is 0 Å². The van der Waals surface area contributed by atoms with Gasteiger partial charge in [0.2, 0.25) is 11.8 Å². The monoisotopic (exact) mass is 565 g/mol. The van der Waals surface area contributed by atoms with Crippen molar-refractivity contribution in [3.63, 3.8) is 0 Å². The van der Waals surface area contributed by atoms with Crippen LogP contribution in [0.4, 0.5) is 5.69 Å². The molecule has 2 aliphatic rings. The first kappa shape index (κ1) is 30.5. The number of nitrogens with one attached hydrogen (secondary N) is 1. The first-order chi connectivity index (χ1) is 19.6. The minimum absolute atomic E-state index is 0.0221. The molecule has 2 amide bonds. The van der Waals surface area contributed by atoms with Crippen LogP contribution in [0, 0.1) is 11.8 Å². The van der Waals surface area contributed by atoms with Gasteiger partial charge < -0.3 is 25.2 Å². The SMILES string of the molecule is C[C@H](CO)N1C[C@H](C)[C@@H](CN(C)Cc2ccc(C(=O)O)cc2)Oc2ccc(NC(=O)C3CCCCC3)cc2CC1=O.